The average molecular weight is 367 g/mol. The fourth-order valence-corrected chi connectivity index (χ4v) is 2.33. The average Bonchev–Trinajstić information content (AvgIpc) is 2.77. The first-order valence-corrected chi connectivity index (χ1v) is 7.82. The zero-order valence-corrected chi connectivity index (χ0v) is 15.1. The highest BCUT2D eigenvalue weighted by molar-refractivity contribution is 6.29. The minimum absolute atomic E-state index is 0.0806. The Labute approximate surface area is 149 Å². The molecule has 2 heterocycles. The van der Waals surface area contributed by atoms with Crippen molar-refractivity contribution in [3.8, 4) is 0 Å². The van der Waals surface area contributed by atoms with Crippen LogP contribution in [-0.2, 0) is 18.3 Å². The van der Waals surface area contributed by atoms with Crippen LogP contribution in [0.15, 0.2) is 29.5 Å². The fraction of sp³-hybridized carbons (Fsp3) is 0.375. The molecule has 0 radical (unpaired) electrons. The number of rotatable bonds is 3. The number of ether oxygens (including phenoxy) is 1. The molecule has 1 N–H and O–H groups in total. The Morgan fingerprint density at radius 1 is 1.32 bits per heavy atom. The van der Waals surface area contributed by atoms with Gasteiger partial charge >= 0.3 is 12.1 Å². The summed E-state index contributed by atoms with van der Waals surface area (Å²) in [5.74, 6) is -1.17. The summed E-state index contributed by atoms with van der Waals surface area (Å²) >= 11 is 5.88. The smallest absolute Gasteiger partial charge is 0.437 e. The second-order valence-electron chi connectivity index (χ2n) is 6.42. The molecule has 0 aliphatic rings. The number of aryl methyl sites for hydroxylation is 1. The maximum Gasteiger partial charge on any atom is 0.437 e. The topological polar surface area (TPSA) is 98.7 Å². The van der Waals surface area contributed by atoms with E-state index in [2.05, 4.69) is 9.98 Å². The first kappa shape index (κ1) is 18.7. The zero-order valence-electron chi connectivity index (χ0n) is 14.4. The lowest BCUT2D eigenvalue weighted by molar-refractivity contribution is 0.0592. The molecule has 2 rings (SSSR count). The zero-order chi connectivity index (χ0) is 18.8. The lowest BCUT2D eigenvalue weighted by atomic mass is 10.2. The lowest BCUT2D eigenvalue weighted by Gasteiger charge is -2.17. The Morgan fingerprint density at radius 2 is 2.00 bits per heavy atom. The number of nitrogens with zero attached hydrogens (tertiary/aromatic N) is 4. The number of imidazole rings is 1. The van der Waals surface area contributed by atoms with Crippen molar-refractivity contribution in [2.24, 2.45) is 12.0 Å². The van der Waals surface area contributed by atoms with Crippen LogP contribution in [0, 0.1) is 0 Å². The molecule has 2 aromatic rings. The van der Waals surface area contributed by atoms with Gasteiger partial charge in [-0.2, -0.15) is 0 Å². The molecule has 1 amide bonds. The number of aromatic carboxylic acids is 1. The van der Waals surface area contributed by atoms with Crippen LogP contribution in [0.2, 0.25) is 5.15 Å². The first-order valence-electron chi connectivity index (χ1n) is 7.44. The van der Waals surface area contributed by atoms with E-state index in [1.54, 1.807) is 55.4 Å². The molecule has 25 heavy (non-hydrogen) atoms. The van der Waals surface area contributed by atoms with Gasteiger partial charge in [-0.05, 0) is 38.5 Å². The summed E-state index contributed by atoms with van der Waals surface area (Å²) < 4.78 is 8.54. The minimum atomic E-state index is -1.17. The number of carbonyl (C=O) groups excluding carboxylic acids is 1. The molecule has 0 aliphatic carbocycles. The molecule has 0 saturated carbocycles. The number of amides is 1. The van der Waals surface area contributed by atoms with Crippen molar-refractivity contribution in [3.05, 3.63) is 46.6 Å². The van der Waals surface area contributed by atoms with Gasteiger partial charge in [-0.1, -0.05) is 11.6 Å². The number of carboxylic acid groups (broad SMARTS) is 1. The van der Waals surface area contributed by atoms with Crippen molar-refractivity contribution in [3.63, 3.8) is 0 Å². The Morgan fingerprint density at radius 3 is 2.60 bits per heavy atom. The van der Waals surface area contributed by atoms with Gasteiger partial charge in [-0.25, -0.2) is 14.6 Å². The predicted octanol–water partition coefficient (Wildman–Crippen LogP) is 2.46. The van der Waals surface area contributed by atoms with Crippen LogP contribution >= 0.6 is 11.6 Å². The predicted molar refractivity (Wildman–Crippen MR) is 90.5 cm³/mol. The third-order valence-electron chi connectivity index (χ3n) is 3.05. The van der Waals surface area contributed by atoms with E-state index in [0.717, 1.165) is 0 Å². The molecule has 9 heteroatoms. The van der Waals surface area contributed by atoms with Gasteiger partial charge in [0.1, 0.15) is 16.4 Å². The molecule has 8 nitrogen and oxygen atoms in total. The van der Waals surface area contributed by atoms with Crippen LogP contribution in [0.4, 0.5) is 4.79 Å². The van der Waals surface area contributed by atoms with Gasteiger partial charge in [0.25, 0.3) is 0 Å². The number of hydrogen-bond acceptors (Lipinski definition) is 4. The molecule has 134 valence electrons. The highest BCUT2D eigenvalue weighted by atomic mass is 35.5. The summed E-state index contributed by atoms with van der Waals surface area (Å²) in [5.41, 5.74) is 0.184. The van der Waals surface area contributed by atoms with Gasteiger partial charge in [-0.3, -0.25) is 0 Å². The summed E-state index contributed by atoms with van der Waals surface area (Å²) in [6, 6.07) is 2.98. The number of hydrogen-bond donors (Lipinski definition) is 1. The highest BCUT2D eigenvalue weighted by Gasteiger charge is 2.16. The third-order valence-corrected chi connectivity index (χ3v) is 3.25. The van der Waals surface area contributed by atoms with Crippen molar-refractivity contribution in [1.29, 1.82) is 0 Å². The monoisotopic (exact) mass is 366 g/mol. The number of aromatic nitrogens is 3. The van der Waals surface area contributed by atoms with Gasteiger partial charge in [0.05, 0.1) is 6.54 Å². The molecule has 0 spiro atoms. The van der Waals surface area contributed by atoms with E-state index < -0.39 is 17.7 Å². The molecule has 0 aromatic carbocycles. The van der Waals surface area contributed by atoms with Crippen molar-refractivity contribution >= 4 is 23.7 Å². The van der Waals surface area contributed by atoms with Crippen LogP contribution in [0.1, 0.15) is 36.8 Å². The third kappa shape index (κ3) is 5.18. The Bertz CT molecular complexity index is 877. The molecular formula is C16H19ClN4O4. The molecule has 0 saturated heterocycles. The van der Waals surface area contributed by atoms with Crippen LogP contribution in [0.5, 0.6) is 0 Å². The molecule has 0 aliphatic heterocycles. The standard InChI is InChI=1S/C16H19ClN4O4/c1-16(2,3)25-15(24)19-14-20(4)5-6-21(14)9-10-7-11(13(22)23)18-12(17)8-10/h5-8H,9H2,1-4H3,(H,22,23)/b19-14-. The van der Waals surface area contributed by atoms with Gasteiger partial charge < -0.3 is 19.0 Å². The molecular weight excluding hydrogens is 348 g/mol. The van der Waals surface area contributed by atoms with Gasteiger partial charge in [0, 0.05) is 19.4 Å². The maximum atomic E-state index is 12.0. The van der Waals surface area contributed by atoms with Gasteiger partial charge in [0.2, 0.25) is 5.62 Å². The van der Waals surface area contributed by atoms with E-state index in [9.17, 15) is 9.59 Å². The molecule has 0 unspecified atom stereocenters. The quantitative estimate of drug-likeness (QED) is 0.841. The van der Waals surface area contributed by atoms with E-state index in [-0.39, 0.29) is 17.4 Å². The second-order valence-corrected chi connectivity index (χ2v) is 6.80. The van der Waals surface area contributed by atoms with Gasteiger partial charge in [-0.15, -0.1) is 4.99 Å². The van der Waals surface area contributed by atoms with Crippen LogP contribution in [0.25, 0.3) is 0 Å². The van der Waals surface area contributed by atoms with E-state index in [0.29, 0.717) is 11.2 Å². The summed E-state index contributed by atoms with van der Waals surface area (Å²) in [6.07, 6.45) is 2.74. The van der Waals surface area contributed by atoms with E-state index in [1.165, 1.54) is 6.07 Å². The fourth-order valence-electron chi connectivity index (χ4n) is 2.10. The lowest BCUT2D eigenvalue weighted by Crippen LogP contribution is -2.29. The highest BCUT2D eigenvalue weighted by Crippen LogP contribution is 2.12. The SMILES string of the molecule is Cn1ccn(Cc2cc(Cl)nc(C(=O)O)c2)/c1=N\C(=O)OC(C)(C)C. The van der Waals surface area contributed by atoms with Crippen LogP contribution in [0.3, 0.4) is 0 Å². The minimum Gasteiger partial charge on any atom is -0.477 e. The normalized spacial score (nSPS) is 12.3. The largest absolute Gasteiger partial charge is 0.477 e. The van der Waals surface area contributed by atoms with Crippen molar-refractivity contribution in [1.82, 2.24) is 14.1 Å². The summed E-state index contributed by atoms with van der Waals surface area (Å²) in [5, 5.41) is 9.15. The molecule has 0 fully saturated rings. The van der Waals surface area contributed by atoms with E-state index >= 15 is 0 Å². The van der Waals surface area contributed by atoms with E-state index in [4.69, 9.17) is 21.4 Å². The number of carboxylic acids is 1. The summed E-state index contributed by atoms with van der Waals surface area (Å²) in [7, 11) is 1.74. The molecule has 0 atom stereocenters. The number of carbonyl (C=O) groups is 2. The van der Waals surface area contributed by atoms with Gasteiger partial charge in [0.15, 0.2) is 0 Å². The summed E-state index contributed by atoms with van der Waals surface area (Å²) in [6.45, 7) is 5.54. The summed E-state index contributed by atoms with van der Waals surface area (Å²) in [4.78, 5) is 30.8. The number of halogens is 1. The first-order chi connectivity index (χ1) is 11.5. The van der Waals surface area contributed by atoms with Crippen molar-refractivity contribution in [2.75, 3.05) is 0 Å². The molecule has 0 bridgehead atoms. The Hall–Kier alpha value is -2.61. The van der Waals surface area contributed by atoms with Crippen molar-refractivity contribution < 1.29 is 19.4 Å². The Kier molecular flexibility index (Phi) is 5.32. The van der Waals surface area contributed by atoms with Crippen molar-refractivity contribution in [2.45, 2.75) is 32.9 Å². The maximum absolute atomic E-state index is 12.0. The van der Waals surface area contributed by atoms with E-state index in [1.807, 2.05) is 0 Å². The molecule has 2 aromatic heterocycles. The second kappa shape index (κ2) is 7.10. The number of pyridine rings is 1. The Balaban J connectivity index is 2.37. The van der Waals surface area contributed by atoms with Crippen LogP contribution < -0.4 is 5.62 Å². The van der Waals surface area contributed by atoms with Crippen LogP contribution in [-0.4, -0.2) is 36.9 Å².